The van der Waals surface area contributed by atoms with E-state index < -0.39 is 13.3 Å². The van der Waals surface area contributed by atoms with Gasteiger partial charge in [0.2, 0.25) is 0 Å². The zero-order chi connectivity index (χ0) is 35.9. The molecule has 0 aliphatic carbocycles. The monoisotopic (exact) mass is 922 g/mol. The summed E-state index contributed by atoms with van der Waals surface area (Å²) >= 11 is -1.90. The average Bonchev–Trinajstić information content (AvgIpc) is 3.67. The molecule has 0 amide bonds. The molecule has 6 heteroatoms. The standard InChI is InChI=1S/C27H19N2O.C19H26GeN.Ir/c1-17-9-7-10-18(2)25(17)29-23-15-5-4-14-22(23)28-27(29)21-13-8-12-20-19-11-3-6-16-24(19)30-26(20)21;1-19(2,3)13-16-12-18(15-10-8-7-9-11-15)21-14-17(16)20(4,5)6;/h3-12,14-16H,1-2H3;7-10,12,14H,13H2,1-6H3;/q2*-1;. The van der Waals surface area contributed by atoms with E-state index in [0.29, 0.717) is 5.41 Å². The Balaban J connectivity index is 0.000000187. The van der Waals surface area contributed by atoms with Crippen molar-refractivity contribution < 1.29 is 24.5 Å². The summed E-state index contributed by atoms with van der Waals surface area (Å²) in [6.45, 7) is 11.2. The number of aryl methyl sites for hydroxylation is 2. The first-order chi connectivity index (χ1) is 24.4. The molecule has 3 heterocycles. The van der Waals surface area contributed by atoms with Gasteiger partial charge in [-0.15, -0.1) is 18.2 Å². The maximum atomic E-state index is 6.30. The fourth-order valence-electron chi connectivity index (χ4n) is 7.02. The molecule has 8 rings (SSSR count). The number of aromatic nitrogens is 3. The number of rotatable bonds is 5. The molecule has 0 fully saturated rings. The predicted molar refractivity (Wildman–Crippen MR) is 217 cm³/mol. The van der Waals surface area contributed by atoms with E-state index in [1.807, 2.05) is 48.5 Å². The van der Waals surface area contributed by atoms with Crippen molar-refractivity contribution >= 4 is 50.6 Å². The van der Waals surface area contributed by atoms with Crippen LogP contribution in [0, 0.1) is 31.4 Å². The Hall–Kier alpha value is -4.29. The Kier molecular flexibility index (Phi) is 10.8. The van der Waals surface area contributed by atoms with E-state index in [-0.39, 0.29) is 20.1 Å². The topological polar surface area (TPSA) is 43.9 Å². The van der Waals surface area contributed by atoms with Gasteiger partial charge >= 0.3 is 132 Å². The van der Waals surface area contributed by atoms with Crippen molar-refractivity contribution in [2.24, 2.45) is 5.41 Å². The zero-order valence-electron chi connectivity index (χ0n) is 31.3. The summed E-state index contributed by atoms with van der Waals surface area (Å²) in [6.07, 6.45) is 3.24. The Morgan fingerprint density at radius 3 is 2.19 bits per heavy atom. The Labute approximate surface area is 324 Å². The van der Waals surface area contributed by atoms with Crippen molar-refractivity contribution in [1.29, 1.82) is 0 Å². The van der Waals surface area contributed by atoms with Gasteiger partial charge in [0, 0.05) is 31.2 Å². The number of furan rings is 1. The minimum Gasteiger partial charge on any atom is -0.501 e. The van der Waals surface area contributed by atoms with E-state index in [9.17, 15) is 0 Å². The van der Waals surface area contributed by atoms with Crippen molar-refractivity contribution in [1.82, 2.24) is 14.5 Å². The van der Waals surface area contributed by atoms with Crippen LogP contribution in [0.25, 0.3) is 61.3 Å². The van der Waals surface area contributed by atoms with Crippen molar-refractivity contribution in [3.8, 4) is 28.3 Å². The van der Waals surface area contributed by atoms with Gasteiger partial charge in [-0.3, -0.25) is 4.98 Å². The van der Waals surface area contributed by atoms with Gasteiger partial charge in [0.1, 0.15) is 5.58 Å². The van der Waals surface area contributed by atoms with Crippen LogP contribution < -0.4 is 4.40 Å². The third kappa shape index (κ3) is 7.59. The number of hydrogen-bond acceptors (Lipinski definition) is 3. The smallest absolute Gasteiger partial charge is 0.120 e. The van der Waals surface area contributed by atoms with E-state index in [0.717, 1.165) is 67.7 Å². The maximum absolute atomic E-state index is 6.30. The molecule has 0 aliphatic rings. The van der Waals surface area contributed by atoms with Crippen LogP contribution in [0.3, 0.4) is 0 Å². The summed E-state index contributed by atoms with van der Waals surface area (Å²) in [6, 6.07) is 43.9. The molecule has 0 bridgehead atoms. The summed E-state index contributed by atoms with van der Waals surface area (Å²) in [5.74, 6) is 8.17. The summed E-state index contributed by atoms with van der Waals surface area (Å²) in [5, 5.41) is 2.19. The first-order valence-electron chi connectivity index (χ1n) is 17.7. The molecule has 0 saturated carbocycles. The van der Waals surface area contributed by atoms with Gasteiger partial charge in [-0.05, 0) is 43.2 Å². The molecule has 265 valence electrons. The maximum Gasteiger partial charge on any atom is 0.120 e. The van der Waals surface area contributed by atoms with Crippen LogP contribution in [0.4, 0.5) is 0 Å². The van der Waals surface area contributed by atoms with E-state index in [1.54, 1.807) is 0 Å². The van der Waals surface area contributed by atoms with Crippen molar-refractivity contribution in [2.45, 2.75) is 58.3 Å². The van der Waals surface area contributed by atoms with Crippen LogP contribution in [0.15, 0.2) is 120 Å². The summed E-state index contributed by atoms with van der Waals surface area (Å²) in [4.78, 5) is 9.76. The summed E-state index contributed by atoms with van der Waals surface area (Å²) < 4.78 is 10.1. The molecule has 3 aromatic heterocycles. The molecule has 0 unspecified atom stereocenters. The van der Waals surface area contributed by atoms with Gasteiger partial charge in [0.25, 0.3) is 0 Å². The van der Waals surface area contributed by atoms with Crippen LogP contribution in [-0.2, 0) is 26.5 Å². The van der Waals surface area contributed by atoms with Crippen LogP contribution in [0.5, 0.6) is 0 Å². The predicted octanol–water partition coefficient (Wildman–Crippen LogP) is 11.7. The van der Waals surface area contributed by atoms with Crippen molar-refractivity contribution in [3.63, 3.8) is 0 Å². The first-order valence-corrected chi connectivity index (χ1v) is 25.1. The molecule has 5 aromatic carbocycles. The van der Waals surface area contributed by atoms with E-state index in [2.05, 4.69) is 135 Å². The molecule has 4 nitrogen and oxygen atoms in total. The summed E-state index contributed by atoms with van der Waals surface area (Å²) in [5.41, 5.74) is 12.1. The fraction of sp³-hybridized carbons (Fsp3) is 0.217. The third-order valence-electron chi connectivity index (χ3n) is 9.29. The quantitative estimate of drug-likeness (QED) is 0.128. The van der Waals surface area contributed by atoms with Crippen LogP contribution in [0.1, 0.15) is 37.5 Å². The molecule has 0 atom stereocenters. The molecule has 0 spiro atoms. The molecule has 8 aromatic rings. The minimum atomic E-state index is -1.90. The largest absolute Gasteiger partial charge is 0.501 e. The van der Waals surface area contributed by atoms with Crippen LogP contribution in [0.2, 0.25) is 17.3 Å². The molecule has 0 N–H and O–H groups in total. The molecule has 0 saturated heterocycles. The molecular formula is C46H45GeIrN3O-2. The van der Waals surface area contributed by atoms with Crippen molar-refractivity contribution in [3.05, 3.63) is 144 Å². The number of pyridine rings is 1. The second kappa shape index (κ2) is 15.0. The summed E-state index contributed by atoms with van der Waals surface area (Å²) in [7, 11) is 0. The molecule has 1 radical (unpaired) electrons. The molecular weight excluding hydrogens is 875 g/mol. The number of fused-ring (bicyclic) bond motifs is 4. The van der Waals surface area contributed by atoms with Crippen LogP contribution >= 0.6 is 0 Å². The van der Waals surface area contributed by atoms with Crippen LogP contribution in [-0.4, -0.2) is 27.8 Å². The second-order valence-electron chi connectivity index (χ2n) is 15.7. The van der Waals surface area contributed by atoms with Gasteiger partial charge in [0.15, 0.2) is 0 Å². The fourth-order valence-corrected chi connectivity index (χ4v) is 10.3. The average molecular weight is 921 g/mol. The minimum absolute atomic E-state index is 0. The Bertz CT molecular complexity index is 2480. The van der Waals surface area contributed by atoms with E-state index in [1.165, 1.54) is 21.1 Å². The normalized spacial score (nSPS) is 11.8. The number of para-hydroxylation sites is 4. The van der Waals surface area contributed by atoms with Gasteiger partial charge in [-0.1, -0.05) is 59.5 Å². The van der Waals surface area contributed by atoms with Gasteiger partial charge in [0.05, 0.1) is 22.4 Å². The number of benzene rings is 5. The Morgan fingerprint density at radius 2 is 1.48 bits per heavy atom. The molecule has 0 aliphatic heterocycles. The number of hydrogen-bond donors (Lipinski definition) is 0. The number of nitrogens with zero attached hydrogens (tertiary/aromatic N) is 3. The number of imidazole rings is 1. The van der Waals surface area contributed by atoms with Gasteiger partial charge in [-0.2, -0.15) is 0 Å². The van der Waals surface area contributed by atoms with E-state index >= 15 is 0 Å². The van der Waals surface area contributed by atoms with Gasteiger partial charge in [-0.25, -0.2) is 0 Å². The zero-order valence-corrected chi connectivity index (χ0v) is 35.8. The van der Waals surface area contributed by atoms with Crippen molar-refractivity contribution in [2.75, 3.05) is 0 Å². The third-order valence-corrected chi connectivity index (χ3v) is 13.6. The van der Waals surface area contributed by atoms with Gasteiger partial charge < -0.3 is 8.98 Å². The van der Waals surface area contributed by atoms with E-state index in [4.69, 9.17) is 14.4 Å². The second-order valence-corrected chi connectivity index (χ2v) is 26.3. The molecule has 52 heavy (non-hydrogen) atoms. The SMILES string of the molecule is CC(C)(C)Cc1cc(-c2[c-]cccc2)nc[c]1[Ge]([CH3])([CH3])[CH3].Cc1cccc(C)c1-n1c(-c2[c-]ccc3c2oc2ccccc23)nc2ccccc21.[Ir]. The first kappa shape index (κ1) is 37.5. The Morgan fingerprint density at radius 1 is 0.769 bits per heavy atom.